The maximum Gasteiger partial charge on any atom is 0.166 e. The first-order valence-corrected chi connectivity index (χ1v) is 16.3. The lowest BCUT2D eigenvalue weighted by atomic mass is 9.76. The van der Waals surface area contributed by atoms with Crippen LogP contribution in [-0.4, -0.2) is 6.61 Å². The van der Waals surface area contributed by atoms with Gasteiger partial charge in [-0.2, -0.15) is 0 Å². The standard InChI is InChI=1S/C36H52F2O/c1-3-4-7-10-29-16-18-30(19-17-29)33-24-25-34(36(38)35(33)37)31-20-22-32(23-21-31)39-26-9-6-5-8-11-28-14-12-27(2)13-15-28/h20-25,27-30H,3-19,26H2,1-2H3. The minimum absolute atomic E-state index is 0.142. The Morgan fingerprint density at radius 3 is 1.95 bits per heavy atom. The van der Waals surface area contributed by atoms with Gasteiger partial charge >= 0.3 is 0 Å². The van der Waals surface area contributed by atoms with E-state index in [-0.39, 0.29) is 5.92 Å². The molecule has 2 aromatic rings. The first-order valence-electron chi connectivity index (χ1n) is 16.3. The van der Waals surface area contributed by atoms with E-state index in [0.29, 0.717) is 23.3 Å². The van der Waals surface area contributed by atoms with Crippen LogP contribution in [0, 0.1) is 29.4 Å². The van der Waals surface area contributed by atoms with Gasteiger partial charge in [-0.25, -0.2) is 8.78 Å². The third kappa shape index (κ3) is 9.05. The molecule has 2 aliphatic rings. The van der Waals surface area contributed by atoms with Crippen LogP contribution in [0.25, 0.3) is 11.1 Å². The van der Waals surface area contributed by atoms with Gasteiger partial charge in [-0.05, 0) is 79.0 Å². The van der Waals surface area contributed by atoms with Gasteiger partial charge in [0.05, 0.1) is 6.61 Å². The van der Waals surface area contributed by atoms with Gasteiger partial charge in [0.1, 0.15) is 5.75 Å². The fourth-order valence-electron chi connectivity index (χ4n) is 6.97. The molecule has 0 aliphatic heterocycles. The normalized spacial score (nSPS) is 23.6. The second-order valence-electron chi connectivity index (χ2n) is 12.7. The zero-order valence-corrected chi connectivity index (χ0v) is 24.7. The van der Waals surface area contributed by atoms with E-state index in [2.05, 4.69) is 13.8 Å². The first kappa shape index (κ1) is 30.1. The van der Waals surface area contributed by atoms with Crippen LogP contribution in [0.3, 0.4) is 0 Å². The van der Waals surface area contributed by atoms with Crippen molar-refractivity contribution in [2.24, 2.45) is 17.8 Å². The van der Waals surface area contributed by atoms with Crippen molar-refractivity contribution in [1.82, 2.24) is 0 Å². The van der Waals surface area contributed by atoms with Gasteiger partial charge < -0.3 is 4.74 Å². The zero-order chi connectivity index (χ0) is 27.5. The Morgan fingerprint density at radius 2 is 1.28 bits per heavy atom. The maximum absolute atomic E-state index is 15.2. The predicted molar refractivity (Wildman–Crippen MR) is 160 cm³/mol. The van der Waals surface area contributed by atoms with Crippen molar-refractivity contribution in [3.05, 3.63) is 53.6 Å². The molecule has 0 spiro atoms. The number of unbranched alkanes of at least 4 members (excludes halogenated alkanes) is 5. The van der Waals surface area contributed by atoms with Crippen molar-refractivity contribution in [2.45, 2.75) is 129 Å². The van der Waals surface area contributed by atoms with E-state index in [1.165, 1.54) is 77.0 Å². The van der Waals surface area contributed by atoms with Crippen LogP contribution in [0.4, 0.5) is 8.78 Å². The number of hydrogen-bond donors (Lipinski definition) is 0. The molecule has 0 amide bonds. The minimum atomic E-state index is -0.714. The summed E-state index contributed by atoms with van der Waals surface area (Å²) in [6.45, 7) is 5.33. The van der Waals surface area contributed by atoms with Crippen LogP contribution in [-0.2, 0) is 0 Å². The van der Waals surface area contributed by atoms with Gasteiger partial charge in [0.2, 0.25) is 0 Å². The molecule has 1 nitrogen and oxygen atoms in total. The summed E-state index contributed by atoms with van der Waals surface area (Å²) in [5.74, 6) is 2.23. The van der Waals surface area contributed by atoms with E-state index in [1.807, 2.05) is 30.3 Å². The summed E-state index contributed by atoms with van der Waals surface area (Å²) in [5, 5.41) is 0. The topological polar surface area (TPSA) is 9.23 Å². The summed E-state index contributed by atoms with van der Waals surface area (Å²) in [6, 6.07) is 11.0. The van der Waals surface area contributed by atoms with Gasteiger partial charge in [-0.1, -0.05) is 115 Å². The van der Waals surface area contributed by atoms with Crippen LogP contribution in [0.15, 0.2) is 36.4 Å². The quantitative estimate of drug-likeness (QED) is 0.217. The molecule has 39 heavy (non-hydrogen) atoms. The molecule has 2 aromatic carbocycles. The molecule has 3 heteroatoms. The number of ether oxygens (including phenoxy) is 1. The maximum atomic E-state index is 15.2. The van der Waals surface area contributed by atoms with Gasteiger partial charge in [0, 0.05) is 5.56 Å². The summed E-state index contributed by atoms with van der Waals surface area (Å²) < 4.78 is 36.3. The average Bonchev–Trinajstić information content (AvgIpc) is 2.96. The molecule has 0 atom stereocenters. The van der Waals surface area contributed by atoms with E-state index in [1.54, 1.807) is 6.07 Å². The Bertz CT molecular complexity index is 968. The van der Waals surface area contributed by atoms with E-state index in [0.717, 1.165) is 55.6 Å². The molecular formula is C36H52F2O. The molecule has 0 bridgehead atoms. The summed E-state index contributed by atoms with van der Waals surface area (Å²) in [4.78, 5) is 0. The van der Waals surface area contributed by atoms with Gasteiger partial charge in [0.25, 0.3) is 0 Å². The van der Waals surface area contributed by atoms with Crippen LogP contribution >= 0.6 is 0 Å². The number of halogens is 2. The number of benzene rings is 2. The van der Waals surface area contributed by atoms with E-state index >= 15 is 8.78 Å². The Morgan fingerprint density at radius 1 is 0.667 bits per heavy atom. The lowest BCUT2D eigenvalue weighted by Crippen LogP contribution is -2.15. The fourth-order valence-corrected chi connectivity index (χ4v) is 6.97. The average molecular weight is 539 g/mol. The summed E-state index contributed by atoms with van der Waals surface area (Å²) >= 11 is 0. The predicted octanol–water partition coefficient (Wildman–Crippen LogP) is 11.6. The highest BCUT2D eigenvalue weighted by molar-refractivity contribution is 5.65. The van der Waals surface area contributed by atoms with Crippen molar-refractivity contribution < 1.29 is 13.5 Å². The summed E-state index contributed by atoms with van der Waals surface area (Å²) in [5.41, 5.74) is 1.60. The Balaban J connectivity index is 1.18. The first-order chi connectivity index (χ1) is 19.0. The van der Waals surface area contributed by atoms with Crippen molar-refractivity contribution in [3.63, 3.8) is 0 Å². The Labute approximate surface area is 237 Å². The van der Waals surface area contributed by atoms with Crippen molar-refractivity contribution in [2.75, 3.05) is 6.61 Å². The molecule has 216 valence electrons. The molecule has 0 unspecified atom stereocenters. The second-order valence-corrected chi connectivity index (χ2v) is 12.7. The van der Waals surface area contributed by atoms with Gasteiger partial charge in [0.15, 0.2) is 11.6 Å². The lowest BCUT2D eigenvalue weighted by molar-refractivity contribution is 0.268. The van der Waals surface area contributed by atoms with Crippen LogP contribution in [0.1, 0.15) is 134 Å². The molecule has 0 N–H and O–H groups in total. The van der Waals surface area contributed by atoms with Crippen molar-refractivity contribution in [1.29, 1.82) is 0 Å². The number of rotatable bonds is 14. The van der Waals surface area contributed by atoms with Crippen LogP contribution in [0.5, 0.6) is 5.75 Å². The molecule has 2 aliphatic carbocycles. The molecule has 2 fully saturated rings. The number of hydrogen-bond acceptors (Lipinski definition) is 1. The molecule has 0 aromatic heterocycles. The highest BCUT2D eigenvalue weighted by atomic mass is 19.2. The molecule has 0 saturated heterocycles. The van der Waals surface area contributed by atoms with E-state index in [9.17, 15) is 0 Å². The van der Waals surface area contributed by atoms with Crippen LogP contribution in [0.2, 0.25) is 0 Å². The molecule has 0 radical (unpaired) electrons. The molecule has 0 heterocycles. The second kappa shape index (κ2) is 15.8. The van der Waals surface area contributed by atoms with Gasteiger partial charge in [-0.3, -0.25) is 0 Å². The van der Waals surface area contributed by atoms with E-state index < -0.39 is 11.6 Å². The smallest absolute Gasteiger partial charge is 0.166 e. The van der Waals surface area contributed by atoms with Crippen LogP contribution < -0.4 is 4.74 Å². The highest BCUT2D eigenvalue weighted by Crippen LogP contribution is 2.40. The molecular weight excluding hydrogens is 486 g/mol. The lowest BCUT2D eigenvalue weighted by Gasteiger charge is -2.29. The Hall–Kier alpha value is -1.90. The highest BCUT2D eigenvalue weighted by Gasteiger charge is 2.26. The third-order valence-electron chi connectivity index (χ3n) is 9.69. The van der Waals surface area contributed by atoms with E-state index in [4.69, 9.17) is 4.74 Å². The Kier molecular flexibility index (Phi) is 12.2. The molecule has 2 saturated carbocycles. The van der Waals surface area contributed by atoms with Crippen molar-refractivity contribution in [3.8, 4) is 16.9 Å². The largest absolute Gasteiger partial charge is 0.494 e. The molecule has 4 rings (SSSR count). The monoisotopic (exact) mass is 538 g/mol. The van der Waals surface area contributed by atoms with Crippen molar-refractivity contribution >= 4 is 0 Å². The summed E-state index contributed by atoms with van der Waals surface area (Å²) in [7, 11) is 0. The summed E-state index contributed by atoms with van der Waals surface area (Å²) in [6.07, 6.45) is 21.4. The van der Waals surface area contributed by atoms with Gasteiger partial charge in [-0.15, -0.1) is 0 Å². The SMILES string of the molecule is CCCCCC1CCC(c2ccc(-c3ccc(OCCCCCCC4CCC(C)CC4)cc3)c(F)c2F)CC1. The fraction of sp³-hybridized carbons (Fsp3) is 0.667. The third-order valence-corrected chi connectivity index (χ3v) is 9.69. The zero-order valence-electron chi connectivity index (χ0n) is 24.7. The minimum Gasteiger partial charge on any atom is -0.494 e.